The Kier molecular flexibility index (Phi) is 3.14. The van der Waals surface area contributed by atoms with Gasteiger partial charge in [-0.25, -0.2) is 9.37 Å². The molecule has 2 aromatic rings. The van der Waals surface area contributed by atoms with Crippen molar-refractivity contribution >= 4 is 15.9 Å². The minimum atomic E-state index is -1.03. The van der Waals surface area contributed by atoms with Crippen LogP contribution in [0.4, 0.5) is 8.78 Å². The van der Waals surface area contributed by atoms with E-state index in [1.165, 1.54) is 12.3 Å². The first-order valence-corrected chi connectivity index (χ1v) is 5.19. The molecule has 0 amide bonds. The second-order valence-corrected chi connectivity index (χ2v) is 3.89. The van der Waals surface area contributed by atoms with E-state index in [2.05, 4.69) is 20.9 Å². The van der Waals surface area contributed by atoms with Crippen molar-refractivity contribution in [3.8, 4) is 11.6 Å². The Bertz CT molecular complexity index is 505. The number of halogens is 3. The van der Waals surface area contributed by atoms with Gasteiger partial charge in [-0.1, -0.05) is 22.0 Å². The summed E-state index contributed by atoms with van der Waals surface area (Å²) in [5, 5.41) is 0. The lowest BCUT2D eigenvalue weighted by molar-refractivity contribution is 0.405. The fourth-order valence-electron chi connectivity index (χ4n) is 1.13. The van der Waals surface area contributed by atoms with Gasteiger partial charge in [0.05, 0.1) is 0 Å². The Morgan fingerprint density at radius 2 is 2.00 bits per heavy atom. The zero-order valence-corrected chi connectivity index (χ0v) is 9.54. The normalized spacial score (nSPS) is 10.2. The topological polar surface area (TPSA) is 22.1 Å². The van der Waals surface area contributed by atoms with E-state index in [1.54, 1.807) is 18.2 Å². The molecule has 0 aliphatic heterocycles. The summed E-state index contributed by atoms with van der Waals surface area (Å²) in [6, 6.07) is 7.31. The molecule has 1 heterocycles. The molecule has 0 N–H and O–H groups in total. The van der Waals surface area contributed by atoms with E-state index in [0.29, 0.717) is 4.47 Å². The van der Waals surface area contributed by atoms with Crippen LogP contribution in [0.5, 0.6) is 11.6 Å². The van der Waals surface area contributed by atoms with Crippen LogP contribution in [-0.4, -0.2) is 4.98 Å². The number of ether oxygens (including phenoxy) is 1. The van der Waals surface area contributed by atoms with Gasteiger partial charge in [0.25, 0.3) is 0 Å². The minimum absolute atomic E-state index is 0.203. The molecule has 0 radical (unpaired) electrons. The average Bonchev–Trinajstić information content (AvgIpc) is 2.27. The molecule has 1 aromatic carbocycles. The molecule has 1 aromatic heterocycles. The summed E-state index contributed by atoms with van der Waals surface area (Å²) in [5.74, 6) is -2.00. The number of aromatic nitrogens is 1. The fourth-order valence-corrected chi connectivity index (χ4v) is 1.54. The Morgan fingerprint density at radius 3 is 2.69 bits per heavy atom. The highest BCUT2D eigenvalue weighted by Crippen LogP contribution is 2.28. The molecule has 82 valence electrons. The third-order valence-corrected chi connectivity index (χ3v) is 2.27. The van der Waals surface area contributed by atoms with Crippen molar-refractivity contribution in [3.05, 3.63) is 52.6 Å². The van der Waals surface area contributed by atoms with Crippen molar-refractivity contribution in [1.82, 2.24) is 4.98 Å². The number of hydrogen-bond acceptors (Lipinski definition) is 2. The zero-order valence-electron chi connectivity index (χ0n) is 7.95. The maximum Gasteiger partial charge on any atom is 0.219 e. The second kappa shape index (κ2) is 4.57. The molecular formula is C11H6BrF2NO. The molecule has 0 atom stereocenters. The predicted molar refractivity (Wildman–Crippen MR) is 58.4 cm³/mol. The molecule has 0 saturated heterocycles. The lowest BCUT2D eigenvalue weighted by Gasteiger charge is -2.06. The Hall–Kier alpha value is -1.49. The summed E-state index contributed by atoms with van der Waals surface area (Å²) >= 11 is 3.05. The van der Waals surface area contributed by atoms with E-state index in [0.717, 1.165) is 6.07 Å². The first-order valence-electron chi connectivity index (χ1n) is 4.40. The summed E-state index contributed by atoms with van der Waals surface area (Å²) in [5.41, 5.74) is 0. The van der Waals surface area contributed by atoms with Crippen LogP contribution in [0.1, 0.15) is 0 Å². The molecule has 2 nitrogen and oxygen atoms in total. The van der Waals surface area contributed by atoms with Crippen LogP contribution in [0.2, 0.25) is 0 Å². The summed E-state index contributed by atoms with van der Waals surface area (Å²) in [4.78, 5) is 3.85. The van der Waals surface area contributed by atoms with Crippen molar-refractivity contribution < 1.29 is 13.5 Å². The van der Waals surface area contributed by atoms with E-state index in [-0.39, 0.29) is 11.6 Å². The summed E-state index contributed by atoms with van der Waals surface area (Å²) < 4.78 is 31.9. The Labute approximate surface area is 99.0 Å². The monoisotopic (exact) mass is 285 g/mol. The minimum Gasteiger partial charge on any atom is -0.436 e. The van der Waals surface area contributed by atoms with Crippen LogP contribution in [0, 0.1) is 11.6 Å². The number of pyridine rings is 1. The van der Waals surface area contributed by atoms with Gasteiger partial charge >= 0.3 is 0 Å². The third kappa shape index (κ3) is 2.36. The second-order valence-electron chi connectivity index (χ2n) is 2.97. The van der Waals surface area contributed by atoms with Crippen molar-refractivity contribution in [2.75, 3.05) is 0 Å². The van der Waals surface area contributed by atoms with Gasteiger partial charge in [0, 0.05) is 16.7 Å². The Balaban J connectivity index is 2.35. The van der Waals surface area contributed by atoms with Gasteiger partial charge in [-0.15, -0.1) is 0 Å². The first kappa shape index (κ1) is 11.0. The Morgan fingerprint density at radius 1 is 1.19 bits per heavy atom. The van der Waals surface area contributed by atoms with Gasteiger partial charge < -0.3 is 4.74 Å². The largest absolute Gasteiger partial charge is 0.436 e. The van der Waals surface area contributed by atoms with Gasteiger partial charge in [-0.2, -0.15) is 4.39 Å². The molecule has 2 rings (SSSR count). The molecule has 0 unspecified atom stereocenters. The van der Waals surface area contributed by atoms with Crippen molar-refractivity contribution in [1.29, 1.82) is 0 Å². The standard InChI is InChI=1S/C11H6BrF2NO/c12-7-5-8(13)11(14)9(6-7)16-10-3-1-2-4-15-10/h1-6H. The fraction of sp³-hybridized carbons (Fsp3) is 0. The lowest BCUT2D eigenvalue weighted by Crippen LogP contribution is -1.93. The van der Waals surface area contributed by atoms with Gasteiger partial charge in [0.1, 0.15) is 0 Å². The van der Waals surface area contributed by atoms with E-state index >= 15 is 0 Å². The highest BCUT2D eigenvalue weighted by molar-refractivity contribution is 9.10. The van der Waals surface area contributed by atoms with Crippen molar-refractivity contribution in [2.45, 2.75) is 0 Å². The highest BCUT2D eigenvalue weighted by Gasteiger charge is 2.12. The van der Waals surface area contributed by atoms with Crippen LogP contribution < -0.4 is 4.74 Å². The molecule has 0 bridgehead atoms. The predicted octanol–water partition coefficient (Wildman–Crippen LogP) is 3.91. The van der Waals surface area contributed by atoms with Crippen LogP contribution in [-0.2, 0) is 0 Å². The van der Waals surface area contributed by atoms with Crippen LogP contribution >= 0.6 is 15.9 Å². The van der Waals surface area contributed by atoms with E-state index in [1.807, 2.05) is 0 Å². The number of benzene rings is 1. The molecule has 16 heavy (non-hydrogen) atoms. The van der Waals surface area contributed by atoms with Gasteiger partial charge in [0.15, 0.2) is 11.6 Å². The smallest absolute Gasteiger partial charge is 0.219 e. The molecule has 5 heteroatoms. The zero-order chi connectivity index (χ0) is 11.5. The van der Waals surface area contributed by atoms with Crippen LogP contribution in [0.3, 0.4) is 0 Å². The van der Waals surface area contributed by atoms with Crippen LogP contribution in [0.15, 0.2) is 41.0 Å². The van der Waals surface area contributed by atoms with Crippen molar-refractivity contribution in [2.24, 2.45) is 0 Å². The summed E-state index contributed by atoms with van der Waals surface area (Å²) in [6.45, 7) is 0. The van der Waals surface area contributed by atoms with E-state index in [9.17, 15) is 8.78 Å². The quantitative estimate of drug-likeness (QED) is 0.781. The maximum atomic E-state index is 13.3. The van der Waals surface area contributed by atoms with Gasteiger partial charge in [0.2, 0.25) is 11.7 Å². The summed E-state index contributed by atoms with van der Waals surface area (Å²) in [7, 11) is 0. The van der Waals surface area contributed by atoms with Gasteiger partial charge in [-0.05, 0) is 18.2 Å². The highest BCUT2D eigenvalue weighted by atomic mass is 79.9. The maximum absolute atomic E-state index is 13.3. The van der Waals surface area contributed by atoms with Crippen molar-refractivity contribution in [3.63, 3.8) is 0 Å². The number of rotatable bonds is 2. The first-order chi connectivity index (χ1) is 7.66. The number of nitrogens with zero attached hydrogens (tertiary/aromatic N) is 1. The molecule has 0 fully saturated rings. The SMILES string of the molecule is Fc1cc(Br)cc(Oc2ccccn2)c1F. The average molecular weight is 286 g/mol. The van der Waals surface area contributed by atoms with Gasteiger partial charge in [-0.3, -0.25) is 0 Å². The number of hydrogen-bond donors (Lipinski definition) is 0. The third-order valence-electron chi connectivity index (χ3n) is 1.81. The van der Waals surface area contributed by atoms with Crippen LogP contribution in [0.25, 0.3) is 0 Å². The summed E-state index contributed by atoms with van der Waals surface area (Å²) in [6.07, 6.45) is 1.50. The van der Waals surface area contributed by atoms with E-state index in [4.69, 9.17) is 4.74 Å². The molecule has 0 saturated carbocycles. The van der Waals surface area contributed by atoms with E-state index < -0.39 is 11.6 Å². The molecule has 0 spiro atoms. The molecule has 0 aliphatic rings. The molecular weight excluding hydrogens is 280 g/mol. The lowest BCUT2D eigenvalue weighted by atomic mass is 10.3. The molecule has 0 aliphatic carbocycles.